The van der Waals surface area contributed by atoms with Gasteiger partial charge in [0.05, 0.1) is 5.02 Å². The molecule has 0 saturated heterocycles. The molecule has 0 atom stereocenters. The third-order valence-corrected chi connectivity index (χ3v) is 3.85. The molecule has 2 aromatic carbocycles. The van der Waals surface area contributed by atoms with E-state index >= 15 is 0 Å². The van der Waals surface area contributed by atoms with Crippen molar-refractivity contribution in [3.8, 4) is 0 Å². The number of carbonyl (C=O) groups is 1. The number of halogens is 3. The van der Waals surface area contributed by atoms with Gasteiger partial charge in [-0.3, -0.25) is 0 Å². The van der Waals surface area contributed by atoms with E-state index in [1.165, 1.54) is 24.3 Å². The molecule has 0 radical (unpaired) electrons. The van der Waals surface area contributed by atoms with Crippen molar-refractivity contribution in [2.24, 2.45) is 4.99 Å². The Hall–Kier alpha value is -1.98. The second-order valence-electron chi connectivity index (χ2n) is 4.48. The molecule has 3 rings (SSSR count). The van der Waals surface area contributed by atoms with Gasteiger partial charge >= 0.3 is 5.97 Å². The molecule has 0 aliphatic carbocycles. The first-order chi connectivity index (χ1) is 10.5. The summed E-state index contributed by atoms with van der Waals surface area (Å²) in [6, 6.07) is 11.4. The second kappa shape index (κ2) is 6.02. The van der Waals surface area contributed by atoms with Crippen LogP contribution in [0, 0.1) is 5.82 Å². The summed E-state index contributed by atoms with van der Waals surface area (Å²) in [6.45, 7) is 0. The van der Waals surface area contributed by atoms with Gasteiger partial charge in [0, 0.05) is 15.6 Å². The van der Waals surface area contributed by atoms with Gasteiger partial charge in [0.25, 0.3) is 0 Å². The quantitative estimate of drug-likeness (QED) is 0.565. The van der Waals surface area contributed by atoms with Gasteiger partial charge in [0.1, 0.15) is 5.82 Å². The number of ether oxygens (including phenoxy) is 1. The van der Waals surface area contributed by atoms with Crippen LogP contribution in [0.25, 0.3) is 6.08 Å². The van der Waals surface area contributed by atoms with Crippen molar-refractivity contribution in [3.63, 3.8) is 0 Å². The summed E-state index contributed by atoms with van der Waals surface area (Å²) in [7, 11) is 0. The van der Waals surface area contributed by atoms with Crippen LogP contribution in [0.5, 0.6) is 0 Å². The fourth-order valence-corrected chi connectivity index (χ4v) is 2.39. The number of carbonyl (C=O) groups excluding carboxylic acids is 1. The number of hydrogen-bond donors (Lipinski definition) is 0. The molecule has 0 unspecified atom stereocenters. The van der Waals surface area contributed by atoms with Crippen molar-refractivity contribution in [2.75, 3.05) is 0 Å². The minimum absolute atomic E-state index is 0.00455. The van der Waals surface area contributed by atoms with Crippen LogP contribution in [0.15, 0.2) is 57.6 Å². The van der Waals surface area contributed by atoms with E-state index in [1.54, 1.807) is 24.3 Å². The first-order valence-corrected chi connectivity index (χ1v) is 7.44. The zero-order valence-electron chi connectivity index (χ0n) is 11.0. The Morgan fingerprint density at radius 1 is 1.18 bits per heavy atom. The molecule has 0 aromatic heterocycles. The summed E-state index contributed by atoms with van der Waals surface area (Å²) in [4.78, 5) is 16.0. The first-order valence-electron chi connectivity index (χ1n) is 6.27. The minimum Gasteiger partial charge on any atom is -0.402 e. The Kier molecular flexibility index (Phi) is 4.09. The Balaban J connectivity index is 1.99. The molecular weight excluding hydrogens is 373 g/mol. The highest BCUT2D eigenvalue weighted by Crippen LogP contribution is 2.25. The SMILES string of the molecule is O=C1OC(c2ccc(Br)cc2)=NC1=Cc1c(F)cccc1Cl. The largest absolute Gasteiger partial charge is 0.402 e. The lowest BCUT2D eigenvalue weighted by Gasteiger charge is -1.99. The average Bonchev–Trinajstić information content (AvgIpc) is 2.85. The maximum Gasteiger partial charge on any atom is 0.363 e. The van der Waals surface area contributed by atoms with Crippen LogP contribution in [-0.2, 0) is 9.53 Å². The Morgan fingerprint density at radius 3 is 2.59 bits per heavy atom. The fourth-order valence-electron chi connectivity index (χ4n) is 1.91. The highest BCUT2D eigenvalue weighted by Gasteiger charge is 2.24. The van der Waals surface area contributed by atoms with Crippen LogP contribution in [0.3, 0.4) is 0 Å². The molecule has 0 saturated carbocycles. The molecule has 110 valence electrons. The smallest absolute Gasteiger partial charge is 0.363 e. The predicted molar refractivity (Wildman–Crippen MR) is 86.2 cm³/mol. The predicted octanol–water partition coefficient (Wildman–Crippen LogP) is 4.59. The van der Waals surface area contributed by atoms with Crippen molar-refractivity contribution >= 4 is 45.5 Å². The van der Waals surface area contributed by atoms with Gasteiger partial charge in [-0.25, -0.2) is 14.2 Å². The lowest BCUT2D eigenvalue weighted by Crippen LogP contribution is -2.05. The van der Waals surface area contributed by atoms with E-state index in [1.807, 2.05) is 0 Å². The van der Waals surface area contributed by atoms with Crippen LogP contribution < -0.4 is 0 Å². The van der Waals surface area contributed by atoms with E-state index < -0.39 is 11.8 Å². The molecule has 6 heteroatoms. The lowest BCUT2D eigenvalue weighted by atomic mass is 10.2. The minimum atomic E-state index is -0.641. The van der Waals surface area contributed by atoms with E-state index in [9.17, 15) is 9.18 Å². The second-order valence-corrected chi connectivity index (χ2v) is 5.80. The molecule has 0 fully saturated rings. The molecule has 1 aliphatic heterocycles. The van der Waals surface area contributed by atoms with E-state index in [0.717, 1.165) is 4.47 Å². The molecule has 0 N–H and O–H groups in total. The first kappa shape index (κ1) is 14.9. The Morgan fingerprint density at radius 2 is 1.91 bits per heavy atom. The molecule has 1 aliphatic rings. The van der Waals surface area contributed by atoms with Crippen LogP contribution >= 0.6 is 27.5 Å². The number of benzene rings is 2. The van der Waals surface area contributed by atoms with E-state index in [2.05, 4.69) is 20.9 Å². The summed E-state index contributed by atoms with van der Waals surface area (Å²) in [5, 5.41) is 0.201. The fraction of sp³-hybridized carbons (Fsp3) is 0. The topological polar surface area (TPSA) is 38.7 Å². The molecule has 0 bridgehead atoms. The summed E-state index contributed by atoms with van der Waals surface area (Å²) in [6.07, 6.45) is 1.28. The molecular formula is C16H8BrClFNO2. The number of rotatable bonds is 2. The molecule has 3 nitrogen and oxygen atoms in total. The summed E-state index contributed by atoms with van der Waals surface area (Å²) in [5.74, 6) is -0.992. The van der Waals surface area contributed by atoms with Gasteiger partial charge in [-0.1, -0.05) is 33.6 Å². The number of nitrogens with zero attached hydrogens (tertiary/aromatic N) is 1. The van der Waals surface area contributed by atoms with Gasteiger partial charge in [-0.05, 0) is 42.5 Å². The normalized spacial score (nSPS) is 15.9. The summed E-state index contributed by atoms with van der Waals surface area (Å²) >= 11 is 9.26. The maximum atomic E-state index is 13.8. The molecule has 22 heavy (non-hydrogen) atoms. The van der Waals surface area contributed by atoms with Crippen LogP contribution in [-0.4, -0.2) is 11.9 Å². The van der Waals surface area contributed by atoms with Crippen molar-refractivity contribution in [1.82, 2.24) is 0 Å². The zero-order chi connectivity index (χ0) is 15.7. The number of cyclic esters (lactones) is 1. The van der Waals surface area contributed by atoms with E-state index in [0.29, 0.717) is 5.56 Å². The van der Waals surface area contributed by atoms with E-state index in [-0.39, 0.29) is 22.2 Å². The number of aliphatic imine (C=N–C) groups is 1. The number of hydrogen-bond acceptors (Lipinski definition) is 3. The van der Waals surface area contributed by atoms with Crippen molar-refractivity contribution < 1.29 is 13.9 Å². The van der Waals surface area contributed by atoms with Crippen LogP contribution in [0.4, 0.5) is 4.39 Å². The summed E-state index contributed by atoms with van der Waals surface area (Å²) < 4.78 is 19.8. The third kappa shape index (κ3) is 2.96. The molecule has 0 amide bonds. The van der Waals surface area contributed by atoms with Crippen LogP contribution in [0.1, 0.15) is 11.1 Å². The zero-order valence-corrected chi connectivity index (χ0v) is 13.4. The monoisotopic (exact) mass is 379 g/mol. The Labute approximate surface area is 139 Å². The van der Waals surface area contributed by atoms with Gasteiger partial charge < -0.3 is 4.74 Å². The van der Waals surface area contributed by atoms with Gasteiger partial charge in [0.15, 0.2) is 5.70 Å². The molecule has 1 heterocycles. The Bertz CT molecular complexity index is 795. The van der Waals surface area contributed by atoms with Gasteiger partial charge in [-0.2, -0.15) is 0 Å². The van der Waals surface area contributed by atoms with Gasteiger partial charge in [-0.15, -0.1) is 0 Å². The average molecular weight is 381 g/mol. The highest BCUT2D eigenvalue weighted by molar-refractivity contribution is 9.10. The standard InChI is InChI=1S/C16H8BrClFNO2/c17-10-6-4-9(5-7-10)15-20-14(16(21)22-15)8-11-12(18)2-1-3-13(11)19/h1-8H. The number of esters is 1. The molecule has 2 aromatic rings. The van der Waals surface area contributed by atoms with Crippen molar-refractivity contribution in [3.05, 3.63) is 74.6 Å². The highest BCUT2D eigenvalue weighted by atomic mass is 79.9. The van der Waals surface area contributed by atoms with Crippen LogP contribution in [0.2, 0.25) is 5.02 Å². The summed E-state index contributed by atoms with van der Waals surface area (Å²) in [5.41, 5.74) is 0.765. The van der Waals surface area contributed by atoms with Crippen molar-refractivity contribution in [1.29, 1.82) is 0 Å². The third-order valence-electron chi connectivity index (χ3n) is 2.99. The lowest BCUT2D eigenvalue weighted by molar-refractivity contribution is -0.129. The van der Waals surface area contributed by atoms with Crippen molar-refractivity contribution in [2.45, 2.75) is 0 Å². The van der Waals surface area contributed by atoms with E-state index in [4.69, 9.17) is 16.3 Å². The maximum absolute atomic E-state index is 13.8. The van der Waals surface area contributed by atoms with Gasteiger partial charge in [0.2, 0.25) is 5.90 Å². The molecule has 0 spiro atoms.